The van der Waals surface area contributed by atoms with Crippen LogP contribution >= 0.6 is 0 Å². The van der Waals surface area contributed by atoms with Crippen LogP contribution in [0.2, 0.25) is 0 Å². The van der Waals surface area contributed by atoms with Gasteiger partial charge >= 0.3 is 5.97 Å². The molecule has 0 fully saturated rings. The van der Waals surface area contributed by atoms with Crippen LogP contribution in [0.1, 0.15) is 41.0 Å². The molecule has 21 heavy (non-hydrogen) atoms. The lowest BCUT2D eigenvalue weighted by atomic mass is 10.1. The Morgan fingerprint density at radius 2 is 1.90 bits per heavy atom. The fourth-order valence-corrected chi connectivity index (χ4v) is 1.68. The van der Waals surface area contributed by atoms with Gasteiger partial charge in [-0.2, -0.15) is 0 Å². The van der Waals surface area contributed by atoms with Crippen molar-refractivity contribution < 1.29 is 19.5 Å². The summed E-state index contributed by atoms with van der Waals surface area (Å²) in [7, 11) is 1.42. The molecule has 1 rings (SSSR count). The summed E-state index contributed by atoms with van der Waals surface area (Å²) in [6.45, 7) is 3.94. The normalized spacial score (nSPS) is 11.6. The van der Waals surface area contributed by atoms with E-state index in [0.717, 1.165) is 11.3 Å². The monoisotopic (exact) mass is 292 g/mol. The number of benzene rings is 1. The highest BCUT2D eigenvalue weighted by Crippen LogP contribution is 2.10. The van der Waals surface area contributed by atoms with Crippen LogP contribution in [-0.2, 0) is 4.79 Å². The predicted octanol–water partition coefficient (Wildman–Crippen LogP) is 1.37. The lowest BCUT2D eigenvalue weighted by Crippen LogP contribution is -2.40. The Morgan fingerprint density at radius 3 is 2.48 bits per heavy atom. The van der Waals surface area contributed by atoms with E-state index in [1.165, 1.54) is 20.0 Å². The van der Waals surface area contributed by atoms with Crippen molar-refractivity contribution in [1.82, 2.24) is 10.2 Å². The standard InChI is InChI=1S/C15H20N2O4/c1-4-8-16-13(18)11-6-5-7-12(9-11)14(19)17(3)10(2)15(20)21/h5-7,9-10H,4,8H2,1-3H3,(H,16,18)(H,20,21). The second-order valence-electron chi connectivity index (χ2n) is 4.77. The number of nitrogens with zero attached hydrogens (tertiary/aromatic N) is 1. The minimum absolute atomic E-state index is 0.250. The second kappa shape index (κ2) is 7.42. The summed E-state index contributed by atoms with van der Waals surface area (Å²) < 4.78 is 0. The van der Waals surface area contributed by atoms with Crippen molar-refractivity contribution in [2.45, 2.75) is 26.3 Å². The van der Waals surface area contributed by atoms with Crippen molar-refractivity contribution >= 4 is 17.8 Å². The number of amides is 2. The first-order valence-corrected chi connectivity index (χ1v) is 6.76. The van der Waals surface area contributed by atoms with Gasteiger partial charge in [-0.25, -0.2) is 4.79 Å². The number of aliphatic carboxylic acids is 1. The number of nitrogens with one attached hydrogen (secondary N) is 1. The fraction of sp³-hybridized carbons (Fsp3) is 0.400. The summed E-state index contributed by atoms with van der Waals surface area (Å²) in [4.78, 5) is 36.1. The van der Waals surface area contributed by atoms with Crippen LogP contribution < -0.4 is 5.32 Å². The van der Waals surface area contributed by atoms with Crippen molar-refractivity contribution in [2.24, 2.45) is 0 Å². The molecule has 0 bridgehead atoms. The van der Waals surface area contributed by atoms with Crippen molar-refractivity contribution in [3.05, 3.63) is 35.4 Å². The van der Waals surface area contributed by atoms with Crippen LogP contribution in [0.5, 0.6) is 0 Å². The molecule has 2 N–H and O–H groups in total. The summed E-state index contributed by atoms with van der Waals surface area (Å²) in [5.74, 6) is -1.77. The Balaban J connectivity index is 2.91. The molecule has 6 nitrogen and oxygen atoms in total. The van der Waals surface area contributed by atoms with Crippen LogP contribution in [0.4, 0.5) is 0 Å². The molecule has 0 saturated heterocycles. The molecule has 0 aliphatic heterocycles. The summed E-state index contributed by atoms with van der Waals surface area (Å²) in [5.41, 5.74) is 0.667. The molecule has 0 aliphatic rings. The van der Waals surface area contributed by atoms with Crippen LogP contribution in [0.3, 0.4) is 0 Å². The number of hydrogen-bond acceptors (Lipinski definition) is 3. The third kappa shape index (κ3) is 4.30. The van der Waals surface area contributed by atoms with Gasteiger partial charge in [0.2, 0.25) is 0 Å². The highest BCUT2D eigenvalue weighted by atomic mass is 16.4. The largest absolute Gasteiger partial charge is 0.480 e. The van der Waals surface area contributed by atoms with Crippen molar-refractivity contribution in [3.8, 4) is 0 Å². The number of carboxylic acid groups (broad SMARTS) is 1. The predicted molar refractivity (Wildman–Crippen MR) is 78.3 cm³/mol. The minimum Gasteiger partial charge on any atom is -0.480 e. The molecule has 114 valence electrons. The first kappa shape index (κ1) is 16.7. The van der Waals surface area contributed by atoms with Gasteiger partial charge in [-0.05, 0) is 31.5 Å². The maximum Gasteiger partial charge on any atom is 0.326 e. The van der Waals surface area contributed by atoms with E-state index in [2.05, 4.69) is 5.32 Å². The average Bonchev–Trinajstić information content (AvgIpc) is 2.50. The van der Waals surface area contributed by atoms with Crippen molar-refractivity contribution in [2.75, 3.05) is 13.6 Å². The first-order chi connectivity index (χ1) is 9.88. The zero-order valence-corrected chi connectivity index (χ0v) is 12.4. The number of likely N-dealkylation sites (N-methyl/N-ethyl adjacent to an activating group) is 1. The molecule has 0 heterocycles. The molecular formula is C15H20N2O4. The Hall–Kier alpha value is -2.37. The van der Waals surface area contributed by atoms with Gasteiger partial charge in [-0.3, -0.25) is 9.59 Å². The van der Waals surface area contributed by atoms with Gasteiger partial charge in [0, 0.05) is 24.7 Å². The van der Waals surface area contributed by atoms with Crippen LogP contribution in [0, 0.1) is 0 Å². The van der Waals surface area contributed by atoms with Gasteiger partial charge in [-0.15, -0.1) is 0 Å². The molecule has 1 atom stereocenters. The lowest BCUT2D eigenvalue weighted by molar-refractivity contribution is -0.141. The molecule has 0 saturated carbocycles. The zero-order chi connectivity index (χ0) is 16.0. The Kier molecular flexibility index (Phi) is 5.90. The quantitative estimate of drug-likeness (QED) is 0.829. The SMILES string of the molecule is CCCNC(=O)c1cccc(C(=O)N(C)C(C)C(=O)O)c1. The van der Waals surface area contributed by atoms with Crippen LogP contribution in [0.15, 0.2) is 24.3 Å². The molecule has 0 spiro atoms. The first-order valence-electron chi connectivity index (χ1n) is 6.76. The number of carbonyl (C=O) groups excluding carboxylic acids is 2. The van der Waals surface area contributed by atoms with Crippen LogP contribution in [-0.4, -0.2) is 47.4 Å². The molecule has 2 amide bonds. The van der Waals surface area contributed by atoms with E-state index < -0.39 is 17.9 Å². The highest BCUT2D eigenvalue weighted by molar-refractivity contribution is 6.00. The maximum absolute atomic E-state index is 12.2. The van der Waals surface area contributed by atoms with Gasteiger partial charge in [0.25, 0.3) is 11.8 Å². The Labute approximate surface area is 123 Å². The van der Waals surface area contributed by atoms with Gasteiger partial charge < -0.3 is 15.3 Å². The molecule has 0 aromatic heterocycles. The minimum atomic E-state index is -1.08. The lowest BCUT2D eigenvalue weighted by Gasteiger charge is -2.21. The van der Waals surface area contributed by atoms with Gasteiger partial charge in [0.05, 0.1) is 0 Å². The molecule has 1 aromatic rings. The number of hydrogen-bond donors (Lipinski definition) is 2. The highest BCUT2D eigenvalue weighted by Gasteiger charge is 2.23. The molecule has 0 aliphatic carbocycles. The van der Waals surface area contributed by atoms with Crippen molar-refractivity contribution in [1.29, 1.82) is 0 Å². The van der Waals surface area contributed by atoms with E-state index in [1.54, 1.807) is 18.2 Å². The molecule has 0 radical (unpaired) electrons. The van der Waals surface area contributed by atoms with E-state index in [0.29, 0.717) is 12.1 Å². The third-order valence-electron chi connectivity index (χ3n) is 3.17. The van der Waals surface area contributed by atoms with Crippen molar-refractivity contribution in [3.63, 3.8) is 0 Å². The van der Waals surface area contributed by atoms with E-state index in [9.17, 15) is 14.4 Å². The van der Waals surface area contributed by atoms with E-state index in [1.807, 2.05) is 6.92 Å². The topological polar surface area (TPSA) is 86.7 Å². The summed E-state index contributed by atoms with van der Waals surface area (Å²) in [6.07, 6.45) is 0.823. The molecule has 1 unspecified atom stereocenters. The van der Waals surface area contributed by atoms with Gasteiger partial charge in [0.1, 0.15) is 6.04 Å². The summed E-state index contributed by atoms with van der Waals surface area (Å²) in [5, 5.41) is 11.7. The average molecular weight is 292 g/mol. The molecular weight excluding hydrogens is 272 g/mol. The Morgan fingerprint density at radius 1 is 1.29 bits per heavy atom. The van der Waals surface area contributed by atoms with E-state index in [4.69, 9.17) is 5.11 Å². The zero-order valence-electron chi connectivity index (χ0n) is 12.4. The molecule has 6 heteroatoms. The van der Waals surface area contributed by atoms with Gasteiger partial charge in [0.15, 0.2) is 0 Å². The summed E-state index contributed by atoms with van der Waals surface area (Å²) in [6, 6.07) is 5.31. The molecule has 1 aromatic carbocycles. The van der Waals surface area contributed by atoms with Gasteiger partial charge in [-0.1, -0.05) is 13.0 Å². The third-order valence-corrected chi connectivity index (χ3v) is 3.17. The van der Waals surface area contributed by atoms with E-state index in [-0.39, 0.29) is 11.5 Å². The number of carbonyl (C=O) groups is 3. The second-order valence-corrected chi connectivity index (χ2v) is 4.77. The fourth-order valence-electron chi connectivity index (χ4n) is 1.68. The number of carboxylic acids is 1. The number of rotatable bonds is 6. The smallest absolute Gasteiger partial charge is 0.326 e. The summed E-state index contributed by atoms with van der Waals surface area (Å²) >= 11 is 0. The Bertz CT molecular complexity index is 542. The van der Waals surface area contributed by atoms with Crippen LogP contribution in [0.25, 0.3) is 0 Å². The van der Waals surface area contributed by atoms with E-state index >= 15 is 0 Å². The maximum atomic E-state index is 12.2.